The van der Waals surface area contributed by atoms with E-state index in [0.29, 0.717) is 18.0 Å². The summed E-state index contributed by atoms with van der Waals surface area (Å²) in [5.74, 6) is 1.75. The maximum atomic E-state index is 13.3. The molecule has 1 heterocycles. The molecule has 1 aromatic carbocycles. The Morgan fingerprint density at radius 3 is 2.57 bits per heavy atom. The molecule has 1 aromatic rings. The highest BCUT2D eigenvalue weighted by Gasteiger charge is 2.35. The smallest absolute Gasteiger partial charge is 0.254 e. The van der Waals surface area contributed by atoms with Crippen LogP contribution in [0.3, 0.4) is 0 Å². The van der Waals surface area contributed by atoms with Gasteiger partial charge >= 0.3 is 0 Å². The van der Waals surface area contributed by atoms with Gasteiger partial charge in [0.15, 0.2) is 0 Å². The number of nitrogens with zero attached hydrogens (tertiary/aromatic N) is 1. The SMILES string of the molecule is C=C(Nc1cccc(C(=O)N2CCCC3CCCCC32)c1)NC1CCCCC1. The van der Waals surface area contributed by atoms with Crippen molar-refractivity contribution in [2.75, 3.05) is 11.9 Å². The Kier molecular flexibility index (Phi) is 6.23. The molecule has 1 amide bonds. The quantitative estimate of drug-likeness (QED) is 0.729. The molecule has 4 rings (SSSR count). The van der Waals surface area contributed by atoms with Crippen LogP contribution in [0.25, 0.3) is 0 Å². The van der Waals surface area contributed by atoms with E-state index in [-0.39, 0.29) is 5.91 Å². The summed E-state index contributed by atoms with van der Waals surface area (Å²) < 4.78 is 0. The third-order valence-electron chi connectivity index (χ3n) is 6.89. The fourth-order valence-corrected chi connectivity index (χ4v) is 5.48. The van der Waals surface area contributed by atoms with E-state index in [9.17, 15) is 4.79 Å². The molecule has 152 valence electrons. The van der Waals surface area contributed by atoms with Crippen molar-refractivity contribution in [1.82, 2.24) is 10.2 Å². The molecule has 0 aromatic heterocycles. The van der Waals surface area contributed by atoms with Crippen molar-refractivity contribution in [2.24, 2.45) is 5.92 Å². The number of anilines is 1. The van der Waals surface area contributed by atoms with E-state index in [1.165, 1.54) is 64.2 Å². The highest BCUT2D eigenvalue weighted by molar-refractivity contribution is 5.95. The molecule has 4 heteroatoms. The molecule has 3 fully saturated rings. The van der Waals surface area contributed by atoms with Crippen molar-refractivity contribution in [3.05, 3.63) is 42.2 Å². The molecule has 2 unspecified atom stereocenters. The largest absolute Gasteiger partial charge is 0.369 e. The highest BCUT2D eigenvalue weighted by atomic mass is 16.2. The molecular weight excluding hydrogens is 346 g/mol. The first-order valence-corrected chi connectivity index (χ1v) is 11.3. The Morgan fingerprint density at radius 2 is 1.71 bits per heavy atom. The first-order valence-electron chi connectivity index (χ1n) is 11.3. The summed E-state index contributed by atoms with van der Waals surface area (Å²) >= 11 is 0. The van der Waals surface area contributed by atoms with Crippen LogP contribution in [0.2, 0.25) is 0 Å². The van der Waals surface area contributed by atoms with Crippen molar-refractivity contribution in [1.29, 1.82) is 0 Å². The van der Waals surface area contributed by atoms with Gasteiger partial charge in [-0.05, 0) is 62.6 Å². The monoisotopic (exact) mass is 381 g/mol. The molecular formula is C24H35N3O. The topological polar surface area (TPSA) is 44.4 Å². The number of carbonyl (C=O) groups excluding carboxylic acids is 1. The summed E-state index contributed by atoms with van der Waals surface area (Å²) in [6.07, 6.45) is 13.9. The van der Waals surface area contributed by atoms with E-state index in [0.717, 1.165) is 30.0 Å². The third-order valence-corrected chi connectivity index (χ3v) is 6.89. The van der Waals surface area contributed by atoms with Gasteiger partial charge in [0.05, 0.1) is 5.82 Å². The van der Waals surface area contributed by atoms with Gasteiger partial charge < -0.3 is 15.5 Å². The van der Waals surface area contributed by atoms with Crippen LogP contribution in [0.1, 0.15) is 81.0 Å². The number of likely N-dealkylation sites (tertiary alicyclic amines) is 1. The molecule has 1 aliphatic heterocycles. The molecule has 2 N–H and O–H groups in total. The molecule has 3 aliphatic rings. The van der Waals surface area contributed by atoms with Crippen molar-refractivity contribution in [3.8, 4) is 0 Å². The predicted octanol–water partition coefficient (Wildman–Crippen LogP) is 5.29. The molecule has 2 aliphatic carbocycles. The lowest BCUT2D eigenvalue weighted by Gasteiger charge is -2.44. The predicted molar refractivity (Wildman–Crippen MR) is 115 cm³/mol. The van der Waals surface area contributed by atoms with Crippen LogP contribution < -0.4 is 10.6 Å². The molecule has 0 radical (unpaired) electrons. The van der Waals surface area contributed by atoms with Gasteiger partial charge in [-0.3, -0.25) is 4.79 Å². The first kappa shape index (κ1) is 19.4. The van der Waals surface area contributed by atoms with E-state index >= 15 is 0 Å². The number of fused-ring (bicyclic) bond motifs is 1. The lowest BCUT2D eigenvalue weighted by Crippen LogP contribution is -2.49. The zero-order chi connectivity index (χ0) is 19.3. The van der Waals surface area contributed by atoms with E-state index in [4.69, 9.17) is 0 Å². The summed E-state index contributed by atoms with van der Waals surface area (Å²) in [5, 5.41) is 6.88. The molecule has 28 heavy (non-hydrogen) atoms. The van der Waals surface area contributed by atoms with E-state index in [1.807, 2.05) is 24.3 Å². The number of benzene rings is 1. The summed E-state index contributed by atoms with van der Waals surface area (Å²) in [5.41, 5.74) is 1.73. The second kappa shape index (κ2) is 9.02. The number of amides is 1. The van der Waals surface area contributed by atoms with Gasteiger partial charge in [-0.15, -0.1) is 0 Å². The van der Waals surface area contributed by atoms with Crippen molar-refractivity contribution in [3.63, 3.8) is 0 Å². The van der Waals surface area contributed by atoms with Gasteiger partial charge in [-0.25, -0.2) is 0 Å². The highest BCUT2D eigenvalue weighted by Crippen LogP contribution is 2.36. The molecule has 1 saturated heterocycles. The van der Waals surface area contributed by atoms with Gasteiger partial charge in [-0.2, -0.15) is 0 Å². The van der Waals surface area contributed by atoms with Crippen LogP contribution in [0.5, 0.6) is 0 Å². The van der Waals surface area contributed by atoms with Crippen LogP contribution in [0, 0.1) is 5.92 Å². The average molecular weight is 382 g/mol. The average Bonchev–Trinajstić information content (AvgIpc) is 2.73. The minimum absolute atomic E-state index is 0.200. The molecule has 0 spiro atoms. The Morgan fingerprint density at radius 1 is 0.964 bits per heavy atom. The van der Waals surface area contributed by atoms with Crippen LogP contribution in [-0.2, 0) is 0 Å². The van der Waals surface area contributed by atoms with Crippen LogP contribution in [0.15, 0.2) is 36.7 Å². The Labute approximate surface area is 169 Å². The zero-order valence-electron chi connectivity index (χ0n) is 17.1. The van der Waals surface area contributed by atoms with Gasteiger partial charge in [0.25, 0.3) is 5.91 Å². The lowest BCUT2D eigenvalue weighted by molar-refractivity contribution is 0.0391. The molecule has 2 atom stereocenters. The summed E-state index contributed by atoms with van der Waals surface area (Å²) in [6, 6.07) is 8.92. The van der Waals surface area contributed by atoms with E-state index in [2.05, 4.69) is 22.1 Å². The second-order valence-corrected chi connectivity index (χ2v) is 8.92. The molecule has 0 bridgehead atoms. The summed E-state index contributed by atoms with van der Waals surface area (Å²) in [7, 11) is 0. The van der Waals surface area contributed by atoms with Crippen LogP contribution in [-0.4, -0.2) is 29.4 Å². The number of carbonyl (C=O) groups is 1. The minimum Gasteiger partial charge on any atom is -0.369 e. The minimum atomic E-state index is 0.200. The number of rotatable bonds is 5. The second-order valence-electron chi connectivity index (χ2n) is 8.92. The van der Waals surface area contributed by atoms with Gasteiger partial charge in [-0.1, -0.05) is 44.7 Å². The normalized spacial score (nSPS) is 25.6. The van der Waals surface area contributed by atoms with Crippen molar-refractivity contribution >= 4 is 11.6 Å². The Hall–Kier alpha value is -1.97. The first-order chi connectivity index (χ1) is 13.7. The van der Waals surface area contributed by atoms with Gasteiger partial charge in [0.2, 0.25) is 0 Å². The Bertz CT molecular complexity index is 693. The maximum Gasteiger partial charge on any atom is 0.254 e. The number of hydrogen-bond donors (Lipinski definition) is 2. The molecule has 4 nitrogen and oxygen atoms in total. The molecule has 2 saturated carbocycles. The third kappa shape index (κ3) is 4.53. The summed E-state index contributed by atoms with van der Waals surface area (Å²) in [4.78, 5) is 15.4. The van der Waals surface area contributed by atoms with Gasteiger partial charge in [0.1, 0.15) is 0 Å². The van der Waals surface area contributed by atoms with E-state index in [1.54, 1.807) is 0 Å². The number of hydrogen-bond acceptors (Lipinski definition) is 3. The van der Waals surface area contributed by atoms with Crippen molar-refractivity contribution in [2.45, 2.75) is 82.7 Å². The van der Waals surface area contributed by atoms with Gasteiger partial charge in [0, 0.05) is 29.9 Å². The van der Waals surface area contributed by atoms with Crippen LogP contribution in [0.4, 0.5) is 5.69 Å². The number of nitrogens with one attached hydrogen (secondary N) is 2. The fraction of sp³-hybridized carbons (Fsp3) is 0.625. The Balaban J connectivity index is 1.39. The van der Waals surface area contributed by atoms with Crippen LogP contribution >= 0.6 is 0 Å². The zero-order valence-corrected chi connectivity index (χ0v) is 17.1. The standard InChI is InChI=1S/C24H35N3O/c1-18(25-21-12-3-2-4-13-21)26-22-14-7-10-20(17-22)24(28)27-16-8-11-19-9-5-6-15-23(19)27/h7,10,14,17,19,21,23,25-26H,1-6,8-9,11-13,15-16H2. The summed E-state index contributed by atoms with van der Waals surface area (Å²) in [6.45, 7) is 5.06. The number of piperidine rings is 1. The fourth-order valence-electron chi connectivity index (χ4n) is 5.48. The van der Waals surface area contributed by atoms with E-state index < -0.39 is 0 Å². The lowest BCUT2D eigenvalue weighted by atomic mass is 9.78. The van der Waals surface area contributed by atoms with Crippen molar-refractivity contribution < 1.29 is 4.79 Å². The maximum absolute atomic E-state index is 13.3.